The van der Waals surface area contributed by atoms with Crippen LogP contribution in [0.1, 0.15) is 68.9 Å². The van der Waals surface area contributed by atoms with Crippen molar-refractivity contribution in [1.29, 1.82) is 0 Å². The minimum Gasteiger partial charge on any atom is -0.0856 e. The molecule has 60 heavy (non-hydrogen) atoms. The van der Waals surface area contributed by atoms with E-state index >= 15 is 0 Å². The molecule has 8 aromatic rings. The fourth-order valence-electron chi connectivity index (χ4n) is 8.51. The molecule has 2 heteroatoms. The van der Waals surface area contributed by atoms with Gasteiger partial charge in [-0.3, -0.25) is 0 Å². The van der Waals surface area contributed by atoms with Crippen LogP contribution in [0.15, 0.2) is 170 Å². The fraction of sp³-hybridized carbons (Fsp3) is 0.172. The SMILES string of the molecule is Cc1cccc(-c2cc(-c3cccc(C)c3)c([C@@H](C)SS[C@H](C)c3cc(-c4cccc(C)c4)c(-c4cccc(C)c4)cc3-c3cccc(C)c3)cc2-c2cccc(C)c2)c1. The summed E-state index contributed by atoms with van der Waals surface area (Å²) < 4.78 is 0. The Bertz CT molecular complexity index is 2630. The molecule has 0 heterocycles. The molecular formula is C58H54S2. The average Bonchev–Trinajstić information content (AvgIpc) is 3.24. The first kappa shape index (κ1) is 41.2. The minimum absolute atomic E-state index is 0.202. The van der Waals surface area contributed by atoms with Crippen LogP contribution in [0.25, 0.3) is 66.8 Å². The molecule has 0 unspecified atom stereocenters. The van der Waals surface area contributed by atoms with Crippen molar-refractivity contribution < 1.29 is 0 Å². The predicted molar refractivity (Wildman–Crippen MR) is 266 cm³/mol. The molecule has 0 saturated carbocycles. The molecule has 0 aliphatic rings. The lowest BCUT2D eigenvalue weighted by Gasteiger charge is -2.24. The Morgan fingerprint density at radius 1 is 0.267 bits per heavy atom. The van der Waals surface area contributed by atoms with Gasteiger partial charge in [0.1, 0.15) is 0 Å². The Morgan fingerprint density at radius 3 is 0.717 bits per heavy atom. The Hall–Kier alpha value is -5.54. The maximum Gasteiger partial charge on any atom is 0.0379 e. The van der Waals surface area contributed by atoms with Crippen LogP contribution in [-0.4, -0.2) is 0 Å². The monoisotopic (exact) mass is 814 g/mol. The number of hydrogen-bond acceptors (Lipinski definition) is 2. The van der Waals surface area contributed by atoms with Crippen molar-refractivity contribution in [3.8, 4) is 66.8 Å². The maximum absolute atomic E-state index is 2.50. The van der Waals surface area contributed by atoms with E-state index in [2.05, 4.69) is 225 Å². The molecule has 0 fully saturated rings. The molecule has 8 aromatic carbocycles. The zero-order valence-corrected chi connectivity index (χ0v) is 37.8. The molecular weight excluding hydrogens is 761 g/mol. The molecule has 0 radical (unpaired) electrons. The molecule has 0 saturated heterocycles. The third-order valence-electron chi connectivity index (χ3n) is 11.6. The smallest absolute Gasteiger partial charge is 0.0379 e. The average molecular weight is 815 g/mol. The first-order valence-electron chi connectivity index (χ1n) is 21.1. The Morgan fingerprint density at radius 2 is 0.483 bits per heavy atom. The van der Waals surface area contributed by atoms with Crippen molar-refractivity contribution in [1.82, 2.24) is 0 Å². The summed E-state index contributed by atoms with van der Waals surface area (Å²) in [7, 11) is 3.97. The summed E-state index contributed by atoms with van der Waals surface area (Å²) in [6.07, 6.45) is 0. The Kier molecular flexibility index (Phi) is 12.3. The van der Waals surface area contributed by atoms with Crippen molar-refractivity contribution >= 4 is 21.6 Å². The first-order chi connectivity index (χ1) is 29.0. The zero-order chi connectivity index (χ0) is 41.9. The molecule has 298 valence electrons. The van der Waals surface area contributed by atoms with Gasteiger partial charge in [0.25, 0.3) is 0 Å². The van der Waals surface area contributed by atoms with Gasteiger partial charge in [0.2, 0.25) is 0 Å². The predicted octanol–water partition coefficient (Wildman–Crippen LogP) is 17.7. The van der Waals surface area contributed by atoms with Crippen LogP contribution >= 0.6 is 21.6 Å². The minimum atomic E-state index is 0.202. The van der Waals surface area contributed by atoms with E-state index in [9.17, 15) is 0 Å². The van der Waals surface area contributed by atoms with Crippen molar-refractivity contribution in [3.63, 3.8) is 0 Å². The van der Waals surface area contributed by atoms with Crippen molar-refractivity contribution in [3.05, 3.63) is 214 Å². The van der Waals surface area contributed by atoms with E-state index in [1.807, 2.05) is 21.6 Å². The van der Waals surface area contributed by atoms with Crippen LogP contribution in [0.3, 0.4) is 0 Å². The van der Waals surface area contributed by atoms with E-state index in [1.165, 1.54) is 111 Å². The number of aryl methyl sites for hydroxylation is 6. The first-order valence-corrected chi connectivity index (χ1v) is 23.4. The number of benzene rings is 8. The molecule has 0 amide bonds. The highest BCUT2D eigenvalue weighted by molar-refractivity contribution is 8.76. The van der Waals surface area contributed by atoms with E-state index in [0.29, 0.717) is 0 Å². The largest absolute Gasteiger partial charge is 0.0856 e. The highest BCUT2D eigenvalue weighted by Crippen LogP contribution is 2.52. The zero-order valence-electron chi connectivity index (χ0n) is 36.1. The van der Waals surface area contributed by atoms with E-state index in [1.54, 1.807) is 0 Å². The van der Waals surface area contributed by atoms with Gasteiger partial charge in [0, 0.05) is 10.5 Å². The highest BCUT2D eigenvalue weighted by atomic mass is 33.1. The summed E-state index contributed by atoms with van der Waals surface area (Å²) in [4.78, 5) is 0. The number of hydrogen-bond donors (Lipinski definition) is 0. The second-order valence-corrected chi connectivity index (χ2v) is 19.6. The second kappa shape index (κ2) is 18.0. The van der Waals surface area contributed by atoms with Crippen LogP contribution in [0.2, 0.25) is 0 Å². The van der Waals surface area contributed by atoms with Gasteiger partial charge in [-0.05, 0) is 158 Å². The standard InChI is InChI=1S/C58H54S2/c1-37-15-9-21-45(27-37)53-35-57(49-25-13-19-41(5)31-49)55(47-23-11-17-39(3)29-47)33-51(53)43(7)59-60-44(8)52-34-56(48-24-12-18-40(4)30-48)58(50-26-14-20-42(6)32-50)36-54(52)46-22-10-16-38(2)28-46/h9-36,43-44H,1-8H3/t43-,44-/m1/s1. The molecule has 2 atom stereocenters. The number of rotatable bonds is 11. The molecule has 8 rings (SSSR count). The van der Waals surface area contributed by atoms with Crippen LogP contribution in [0, 0.1) is 41.5 Å². The molecule has 0 spiro atoms. The van der Waals surface area contributed by atoms with Gasteiger partial charge in [-0.2, -0.15) is 0 Å². The van der Waals surface area contributed by atoms with Gasteiger partial charge in [-0.15, -0.1) is 0 Å². The molecule has 0 nitrogen and oxygen atoms in total. The molecule has 0 aliphatic heterocycles. The van der Waals surface area contributed by atoms with Gasteiger partial charge in [0.15, 0.2) is 0 Å². The van der Waals surface area contributed by atoms with Gasteiger partial charge in [-0.25, -0.2) is 0 Å². The van der Waals surface area contributed by atoms with Gasteiger partial charge < -0.3 is 0 Å². The van der Waals surface area contributed by atoms with Crippen LogP contribution in [0.5, 0.6) is 0 Å². The van der Waals surface area contributed by atoms with Gasteiger partial charge in [-0.1, -0.05) is 201 Å². The third kappa shape index (κ3) is 9.11. The van der Waals surface area contributed by atoms with E-state index in [-0.39, 0.29) is 10.5 Å². The molecule has 0 bridgehead atoms. The van der Waals surface area contributed by atoms with Crippen LogP contribution < -0.4 is 0 Å². The highest BCUT2D eigenvalue weighted by Gasteiger charge is 2.23. The summed E-state index contributed by atoms with van der Waals surface area (Å²) in [5.41, 5.74) is 25.5. The summed E-state index contributed by atoms with van der Waals surface area (Å²) in [6, 6.07) is 63.8. The second-order valence-electron chi connectivity index (χ2n) is 16.7. The molecule has 0 aliphatic carbocycles. The quantitative estimate of drug-likeness (QED) is 0.119. The summed E-state index contributed by atoms with van der Waals surface area (Å²) in [5.74, 6) is 0. The van der Waals surface area contributed by atoms with Crippen molar-refractivity contribution in [2.75, 3.05) is 0 Å². The molecule has 0 N–H and O–H groups in total. The summed E-state index contributed by atoms with van der Waals surface area (Å²) >= 11 is 0. The van der Waals surface area contributed by atoms with Gasteiger partial charge in [0.05, 0.1) is 0 Å². The van der Waals surface area contributed by atoms with Crippen LogP contribution in [-0.2, 0) is 0 Å². The third-order valence-corrected chi connectivity index (χ3v) is 14.8. The molecule has 0 aromatic heterocycles. The summed E-state index contributed by atoms with van der Waals surface area (Å²) in [6.45, 7) is 17.9. The Labute approximate surface area is 366 Å². The summed E-state index contributed by atoms with van der Waals surface area (Å²) in [5, 5.41) is 0.404. The van der Waals surface area contributed by atoms with Crippen LogP contribution in [0.4, 0.5) is 0 Å². The van der Waals surface area contributed by atoms with E-state index in [0.717, 1.165) is 0 Å². The topological polar surface area (TPSA) is 0 Å². The van der Waals surface area contributed by atoms with Crippen molar-refractivity contribution in [2.45, 2.75) is 65.9 Å². The lowest BCUT2D eigenvalue weighted by molar-refractivity contribution is 1.10. The maximum atomic E-state index is 2.50. The van der Waals surface area contributed by atoms with Crippen molar-refractivity contribution in [2.24, 2.45) is 0 Å². The fourth-order valence-corrected chi connectivity index (χ4v) is 11.1. The van der Waals surface area contributed by atoms with E-state index in [4.69, 9.17) is 0 Å². The normalized spacial score (nSPS) is 12.3. The Balaban J connectivity index is 1.25. The lowest BCUT2D eigenvalue weighted by atomic mass is 9.86. The lowest BCUT2D eigenvalue weighted by Crippen LogP contribution is -1.99. The van der Waals surface area contributed by atoms with E-state index < -0.39 is 0 Å². The van der Waals surface area contributed by atoms with Gasteiger partial charge >= 0.3 is 0 Å².